The average molecular weight is 317 g/mol. The second-order valence-electron chi connectivity index (χ2n) is 4.68. The second kappa shape index (κ2) is 5.40. The van der Waals surface area contributed by atoms with Gasteiger partial charge in [0.1, 0.15) is 0 Å². The Balaban J connectivity index is 1.95. The number of carbonyl (C=O) groups is 1. The third-order valence-electron chi connectivity index (χ3n) is 2.94. The van der Waals surface area contributed by atoms with Gasteiger partial charge < -0.3 is 5.32 Å². The lowest BCUT2D eigenvalue weighted by molar-refractivity contribution is 0.0937. The van der Waals surface area contributed by atoms with E-state index in [0.29, 0.717) is 10.6 Å². The first-order valence-electron chi connectivity index (χ1n) is 5.82. The van der Waals surface area contributed by atoms with E-state index in [1.165, 1.54) is 12.8 Å². The van der Waals surface area contributed by atoms with E-state index in [4.69, 9.17) is 11.6 Å². The molecule has 0 heterocycles. The van der Waals surface area contributed by atoms with E-state index in [1.807, 2.05) is 0 Å². The third kappa shape index (κ3) is 3.71. The molecule has 17 heavy (non-hydrogen) atoms. The van der Waals surface area contributed by atoms with Gasteiger partial charge in [0.25, 0.3) is 5.91 Å². The Kier molecular flexibility index (Phi) is 4.10. The Labute approximate surface area is 115 Å². The van der Waals surface area contributed by atoms with Gasteiger partial charge in [0.05, 0.1) is 5.02 Å². The highest BCUT2D eigenvalue weighted by Gasteiger charge is 2.24. The molecule has 1 aliphatic rings. The Bertz CT molecular complexity index is 431. The zero-order valence-electron chi connectivity index (χ0n) is 9.67. The van der Waals surface area contributed by atoms with Crippen molar-refractivity contribution in [2.45, 2.75) is 32.2 Å². The predicted molar refractivity (Wildman–Crippen MR) is 73.4 cm³/mol. The maximum atomic E-state index is 11.9. The minimum atomic E-state index is -0.0319. The van der Waals surface area contributed by atoms with Crippen molar-refractivity contribution >= 4 is 33.4 Å². The highest BCUT2D eigenvalue weighted by molar-refractivity contribution is 9.10. The fraction of sp³-hybridized carbons (Fsp3) is 0.462. The zero-order chi connectivity index (χ0) is 12.4. The molecule has 0 spiro atoms. The van der Waals surface area contributed by atoms with Crippen molar-refractivity contribution in [2.24, 2.45) is 5.92 Å². The van der Waals surface area contributed by atoms with Crippen molar-refractivity contribution in [2.75, 3.05) is 0 Å². The lowest BCUT2D eigenvalue weighted by Gasteiger charge is -2.13. The van der Waals surface area contributed by atoms with Crippen molar-refractivity contribution in [3.05, 3.63) is 33.3 Å². The molecule has 1 atom stereocenters. The maximum absolute atomic E-state index is 11.9. The molecule has 0 bridgehead atoms. The fourth-order valence-corrected chi connectivity index (χ4v) is 2.35. The van der Waals surface area contributed by atoms with E-state index < -0.39 is 0 Å². The number of hydrogen-bond donors (Lipinski definition) is 1. The molecule has 1 saturated carbocycles. The van der Waals surface area contributed by atoms with Crippen LogP contribution in [0.2, 0.25) is 5.02 Å². The van der Waals surface area contributed by atoms with Gasteiger partial charge in [0.15, 0.2) is 0 Å². The van der Waals surface area contributed by atoms with Crippen molar-refractivity contribution in [3.8, 4) is 0 Å². The van der Waals surface area contributed by atoms with Crippen molar-refractivity contribution in [3.63, 3.8) is 0 Å². The fourth-order valence-electron chi connectivity index (χ4n) is 1.86. The molecular formula is C13H15BrClNO. The monoisotopic (exact) mass is 315 g/mol. The highest BCUT2D eigenvalue weighted by atomic mass is 79.9. The second-order valence-corrected chi connectivity index (χ2v) is 5.94. The molecule has 0 saturated heterocycles. The van der Waals surface area contributed by atoms with Gasteiger partial charge in [-0.3, -0.25) is 4.79 Å². The molecule has 2 rings (SSSR count). The number of benzene rings is 1. The average Bonchev–Trinajstić information content (AvgIpc) is 3.05. The van der Waals surface area contributed by atoms with Crippen LogP contribution in [0.15, 0.2) is 22.7 Å². The summed E-state index contributed by atoms with van der Waals surface area (Å²) in [6, 6.07) is 5.46. The molecule has 92 valence electrons. The van der Waals surface area contributed by atoms with Crippen molar-refractivity contribution in [1.29, 1.82) is 0 Å². The van der Waals surface area contributed by atoms with Crippen LogP contribution in [0.1, 0.15) is 36.5 Å². The quantitative estimate of drug-likeness (QED) is 0.893. The molecular weight excluding hydrogens is 302 g/mol. The van der Waals surface area contributed by atoms with Crippen LogP contribution in [0, 0.1) is 5.92 Å². The summed E-state index contributed by atoms with van der Waals surface area (Å²) in [5, 5.41) is 3.63. The van der Waals surface area contributed by atoms with Gasteiger partial charge in [-0.1, -0.05) is 24.4 Å². The lowest BCUT2D eigenvalue weighted by Crippen LogP contribution is -2.32. The van der Waals surface area contributed by atoms with Crippen LogP contribution in [-0.2, 0) is 0 Å². The molecule has 1 N–H and O–H groups in total. The molecule has 1 amide bonds. The molecule has 0 radical (unpaired) electrons. The van der Waals surface area contributed by atoms with Crippen LogP contribution in [0.25, 0.3) is 0 Å². The lowest BCUT2D eigenvalue weighted by atomic mass is 10.1. The molecule has 0 aromatic heterocycles. The predicted octanol–water partition coefficient (Wildman–Crippen LogP) is 4.02. The summed E-state index contributed by atoms with van der Waals surface area (Å²) in [7, 11) is 0. The number of rotatable bonds is 4. The Morgan fingerprint density at radius 2 is 2.29 bits per heavy atom. The van der Waals surface area contributed by atoms with Crippen molar-refractivity contribution in [1.82, 2.24) is 5.32 Å². The SMILES string of the molecule is CC(CC1CC1)NC(=O)c1ccc(Cl)c(Br)c1. The molecule has 1 unspecified atom stereocenters. The van der Waals surface area contributed by atoms with E-state index in [2.05, 4.69) is 28.2 Å². The van der Waals surface area contributed by atoms with E-state index in [-0.39, 0.29) is 11.9 Å². The van der Waals surface area contributed by atoms with Gasteiger partial charge in [0.2, 0.25) is 0 Å². The van der Waals surface area contributed by atoms with Gasteiger partial charge in [-0.15, -0.1) is 0 Å². The summed E-state index contributed by atoms with van der Waals surface area (Å²) in [6.45, 7) is 2.06. The summed E-state index contributed by atoms with van der Waals surface area (Å²) in [5.74, 6) is 0.790. The molecule has 0 aliphatic heterocycles. The van der Waals surface area contributed by atoms with Gasteiger partial charge in [-0.25, -0.2) is 0 Å². The molecule has 4 heteroatoms. The van der Waals surface area contributed by atoms with Crippen LogP contribution >= 0.6 is 27.5 Å². The molecule has 2 nitrogen and oxygen atoms in total. The summed E-state index contributed by atoms with van der Waals surface area (Å²) < 4.78 is 0.752. The highest BCUT2D eigenvalue weighted by Crippen LogP contribution is 2.33. The Morgan fingerprint density at radius 1 is 1.59 bits per heavy atom. The third-order valence-corrected chi connectivity index (χ3v) is 4.16. The largest absolute Gasteiger partial charge is 0.350 e. The summed E-state index contributed by atoms with van der Waals surface area (Å²) in [4.78, 5) is 11.9. The first-order valence-corrected chi connectivity index (χ1v) is 6.99. The summed E-state index contributed by atoms with van der Waals surface area (Å²) in [6.07, 6.45) is 3.71. The smallest absolute Gasteiger partial charge is 0.251 e. The zero-order valence-corrected chi connectivity index (χ0v) is 12.0. The van der Waals surface area contributed by atoms with E-state index in [1.54, 1.807) is 18.2 Å². The number of halogens is 2. The van der Waals surface area contributed by atoms with E-state index in [9.17, 15) is 4.79 Å². The molecule has 1 aliphatic carbocycles. The van der Waals surface area contributed by atoms with Crippen LogP contribution < -0.4 is 5.32 Å². The van der Waals surface area contributed by atoms with Crippen LogP contribution in [0.4, 0.5) is 0 Å². The first-order chi connectivity index (χ1) is 8.06. The van der Waals surface area contributed by atoms with Gasteiger partial charge >= 0.3 is 0 Å². The minimum absolute atomic E-state index is 0.0319. The van der Waals surface area contributed by atoms with E-state index in [0.717, 1.165) is 16.8 Å². The van der Waals surface area contributed by atoms with Crippen LogP contribution in [0.5, 0.6) is 0 Å². The van der Waals surface area contributed by atoms with Crippen LogP contribution in [-0.4, -0.2) is 11.9 Å². The number of hydrogen-bond acceptors (Lipinski definition) is 1. The Morgan fingerprint density at radius 3 is 2.88 bits per heavy atom. The number of nitrogens with one attached hydrogen (secondary N) is 1. The summed E-state index contributed by atoms with van der Waals surface area (Å²) in [5.41, 5.74) is 0.643. The van der Waals surface area contributed by atoms with Crippen molar-refractivity contribution < 1.29 is 4.79 Å². The minimum Gasteiger partial charge on any atom is -0.350 e. The van der Waals surface area contributed by atoms with Gasteiger partial charge in [-0.2, -0.15) is 0 Å². The molecule has 1 aromatic rings. The number of amides is 1. The number of carbonyl (C=O) groups excluding carboxylic acids is 1. The topological polar surface area (TPSA) is 29.1 Å². The normalized spacial score (nSPS) is 16.6. The molecule has 1 fully saturated rings. The van der Waals surface area contributed by atoms with Gasteiger partial charge in [0, 0.05) is 16.1 Å². The van der Waals surface area contributed by atoms with Gasteiger partial charge in [-0.05, 0) is 53.4 Å². The molecule has 1 aromatic carbocycles. The van der Waals surface area contributed by atoms with Crippen LogP contribution in [0.3, 0.4) is 0 Å². The van der Waals surface area contributed by atoms with E-state index >= 15 is 0 Å². The summed E-state index contributed by atoms with van der Waals surface area (Å²) >= 11 is 9.21. The Hall–Kier alpha value is -0.540. The first kappa shape index (κ1) is 12.9. The standard InChI is InChI=1S/C13H15BrClNO/c1-8(6-9-2-3-9)16-13(17)10-4-5-12(15)11(14)7-10/h4-5,7-9H,2-3,6H2,1H3,(H,16,17). The maximum Gasteiger partial charge on any atom is 0.251 e.